The van der Waals surface area contributed by atoms with E-state index in [2.05, 4.69) is 10.1 Å². The van der Waals surface area contributed by atoms with Gasteiger partial charge in [0.2, 0.25) is 5.89 Å². The molecule has 152 valence electrons. The number of carboxylic acid groups (broad SMARTS) is 1. The summed E-state index contributed by atoms with van der Waals surface area (Å²) in [5.41, 5.74) is 0.249. The molecule has 1 N–H and O–H groups in total. The molecule has 1 amide bonds. The SMILES string of the molecule is CN(C(=O)OC(C)(C)C)C(Cc1ccc2ccccc2c1)c1nc(C(=O)O)no1. The molecule has 0 bridgehead atoms. The highest BCUT2D eigenvalue weighted by Gasteiger charge is 2.31. The van der Waals surface area contributed by atoms with Gasteiger partial charge in [0.1, 0.15) is 11.6 Å². The first-order valence-corrected chi connectivity index (χ1v) is 9.14. The predicted molar refractivity (Wildman–Crippen MR) is 106 cm³/mol. The van der Waals surface area contributed by atoms with Gasteiger partial charge in [0, 0.05) is 13.5 Å². The quantitative estimate of drug-likeness (QED) is 0.691. The number of hydrogen-bond donors (Lipinski definition) is 1. The van der Waals surface area contributed by atoms with Crippen LogP contribution in [0.4, 0.5) is 4.79 Å². The van der Waals surface area contributed by atoms with Crippen LogP contribution in [-0.2, 0) is 11.2 Å². The Morgan fingerprint density at radius 2 is 1.86 bits per heavy atom. The van der Waals surface area contributed by atoms with E-state index >= 15 is 0 Å². The largest absolute Gasteiger partial charge is 0.475 e. The summed E-state index contributed by atoms with van der Waals surface area (Å²) in [5.74, 6) is -1.73. The van der Waals surface area contributed by atoms with Crippen molar-refractivity contribution >= 4 is 22.8 Å². The molecule has 0 aliphatic carbocycles. The lowest BCUT2D eigenvalue weighted by Gasteiger charge is -2.29. The second-order valence-corrected chi connectivity index (χ2v) is 7.75. The number of amides is 1. The number of carbonyl (C=O) groups is 2. The molecular formula is C21H23N3O5. The van der Waals surface area contributed by atoms with E-state index in [-0.39, 0.29) is 5.89 Å². The first kappa shape index (κ1) is 20.3. The van der Waals surface area contributed by atoms with E-state index in [0.29, 0.717) is 6.42 Å². The molecular weight excluding hydrogens is 374 g/mol. The van der Waals surface area contributed by atoms with Crippen LogP contribution >= 0.6 is 0 Å². The maximum atomic E-state index is 12.6. The maximum Gasteiger partial charge on any atom is 0.410 e. The zero-order valence-corrected chi connectivity index (χ0v) is 16.7. The summed E-state index contributed by atoms with van der Waals surface area (Å²) in [6, 6.07) is 13.2. The van der Waals surface area contributed by atoms with Gasteiger partial charge in [-0.3, -0.25) is 4.90 Å². The van der Waals surface area contributed by atoms with E-state index in [1.807, 2.05) is 42.5 Å². The van der Waals surface area contributed by atoms with Gasteiger partial charge >= 0.3 is 12.1 Å². The van der Waals surface area contributed by atoms with Crippen LogP contribution in [0, 0.1) is 0 Å². The minimum absolute atomic E-state index is 0.0314. The molecule has 1 heterocycles. The lowest BCUT2D eigenvalue weighted by molar-refractivity contribution is 0.0190. The summed E-state index contributed by atoms with van der Waals surface area (Å²) in [5, 5.41) is 14.7. The molecule has 3 rings (SSSR count). The number of rotatable bonds is 5. The molecule has 0 fully saturated rings. The average molecular weight is 397 g/mol. The molecule has 8 nitrogen and oxygen atoms in total. The monoisotopic (exact) mass is 397 g/mol. The number of benzene rings is 2. The zero-order valence-electron chi connectivity index (χ0n) is 16.7. The first-order valence-electron chi connectivity index (χ1n) is 9.14. The molecule has 0 radical (unpaired) electrons. The van der Waals surface area contributed by atoms with Gasteiger partial charge in [-0.05, 0) is 42.3 Å². The molecule has 3 aromatic rings. The highest BCUT2D eigenvalue weighted by Crippen LogP contribution is 2.26. The van der Waals surface area contributed by atoms with Gasteiger partial charge in [-0.15, -0.1) is 0 Å². The molecule has 0 saturated carbocycles. The van der Waals surface area contributed by atoms with Crippen LogP contribution in [0.2, 0.25) is 0 Å². The molecule has 0 aliphatic rings. The predicted octanol–water partition coefficient (Wildman–Crippen LogP) is 4.07. The highest BCUT2D eigenvalue weighted by molar-refractivity contribution is 5.83. The van der Waals surface area contributed by atoms with Crippen LogP contribution in [-0.4, -0.2) is 44.9 Å². The van der Waals surface area contributed by atoms with Gasteiger partial charge in [0.25, 0.3) is 5.82 Å². The lowest BCUT2D eigenvalue weighted by Crippen LogP contribution is -2.37. The fourth-order valence-corrected chi connectivity index (χ4v) is 2.90. The van der Waals surface area contributed by atoms with Crippen LogP contribution in [0.15, 0.2) is 47.0 Å². The van der Waals surface area contributed by atoms with Crippen molar-refractivity contribution in [2.75, 3.05) is 7.05 Å². The second-order valence-electron chi connectivity index (χ2n) is 7.75. The van der Waals surface area contributed by atoms with Gasteiger partial charge < -0.3 is 14.4 Å². The zero-order chi connectivity index (χ0) is 21.2. The Morgan fingerprint density at radius 1 is 1.17 bits per heavy atom. The molecule has 0 aliphatic heterocycles. The van der Waals surface area contributed by atoms with Gasteiger partial charge in [-0.1, -0.05) is 42.5 Å². The summed E-state index contributed by atoms with van der Waals surface area (Å²) in [4.78, 5) is 29.0. The summed E-state index contributed by atoms with van der Waals surface area (Å²) in [7, 11) is 1.56. The Kier molecular flexibility index (Phi) is 5.54. The lowest BCUT2D eigenvalue weighted by atomic mass is 10.0. The van der Waals surface area contributed by atoms with Crippen molar-refractivity contribution in [3.8, 4) is 0 Å². The third-order valence-electron chi connectivity index (χ3n) is 4.31. The minimum Gasteiger partial charge on any atom is -0.475 e. The standard InChI is InChI=1S/C21H23N3O5/c1-21(2,3)28-20(27)24(4)16(18-22-17(19(25)26)23-29-18)12-13-9-10-14-7-5-6-8-15(14)11-13/h5-11,16H,12H2,1-4H3,(H,25,26). The van der Waals surface area contributed by atoms with Gasteiger partial charge in [0.15, 0.2) is 0 Å². The molecule has 8 heteroatoms. The molecule has 0 spiro atoms. The van der Waals surface area contributed by atoms with Gasteiger partial charge in [-0.2, -0.15) is 4.98 Å². The fraction of sp³-hybridized carbons (Fsp3) is 0.333. The fourth-order valence-electron chi connectivity index (χ4n) is 2.90. The number of carboxylic acids is 1. The molecule has 29 heavy (non-hydrogen) atoms. The van der Waals surface area contributed by atoms with E-state index in [0.717, 1.165) is 16.3 Å². The highest BCUT2D eigenvalue weighted by atomic mass is 16.6. The van der Waals surface area contributed by atoms with Crippen LogP contribution in [0.1, 0.15) is 48.9 Å². The number of carbonyl (C=O) groups excluding carboxylic acids is 1. The minimum atomic E-state index is -1.30. The van der Waals surface area contributed by atoms with Gasteiger partial charge in [0.05, 0.1) is 0 Å². The molecule has 1 aromatic heterocycles. The Labute approximate surface area is 168 Å². The van der Waals surface area contributed by atoms with Crippen molar-refractivity contribution in [1.82, 2.24) is 15.0 Å². The molecule has 1 atom stereocenters. The maximum absolute atomic E-state index is 12.6. The van der Waals surface area contributed by atoms with Crippen molar-refractivity contribution < 1.29 is 24.0 Å². The summed E-state index contributed by atoms with van der Waals surface area (Å²) < 4.78 is 10.6. The molecule has 0 saturated heterocycles. The first-order chi connectivity index (χ1) is 13.6. The average Bonchev–Trinajstić information content (AvgIpc) is 3.14. The van der Waals surface area contributed by atoms with E-state index in [1.165, 1.54) is 4.90 Å². The van der Waals surface area contributed by atoms with Crippen molar-refractivity contribution in [3.05, 3.63) is 59.7 Å². The summed E-state index contributed by atoms with van der Waals surface area (Å²) >= 11 is 0. The number of hydrogen-bond acceptors (Lipinski definition) is 6. The number of fused-ring (bicyclic) bond motifs is 1. The van der Waals surface area contributed by atoms with Crippen molar-refractivity contribution in [2.45, 2.75) is 38.8 Å². The smallest absolute Gasteiger partial charge is 0.410 e. The Hall–Kier alpha value is -3.42. The number of likely N-dealkylation sites (N-methyl/N-ethyl adjacent to an activating group) is 1. The Bertz CT molecular complexity index is 1040. The summed E-state index contributed by atoms with van der Waals surface area (Å²) in [6.07, 6.45) is -0.222. The van der Waals surface area contributed by atoms with E-state index in [1.54, 1.807) is 27.8 Å². The summed E-state index contributed by atoms with van der Waals surface area (Å²) in [6.45, 7) is 5.31. The third kappa shape index (κ3) is 4.90. The van der Waals surface area contributed by atoms with E-state index in [9.17, 15) is 9.59 Å². The van der Waals surface area contributed by atoms with Crippen LogP contribution in [0.25, 0.3) is 10.8 Å². The van der Waals surface area contributed by atoms with E-state index < -0.39 is 29.5 Å². The Balaban J connectivity index is 1.94. The Morgan fingerprint density at radius 3 is 2.48 bits per heavy atom. The third-order valence-corrected chi connectivity index (χ3v) is 4.31. The van der Waals surface area contributed by atoms with Crippen LogP contribution in [0.3, 0.4) is 0 Å². The van der Waals surface area contributed by atoms with Crippen molar-refractivity contribution in [2.24, 2.45) is 0 Å². The number of aromatic carboxylic acids is 1. The van der Waals surface area contributed by atoms with E-state index in [4.69, 9.17) is 14.4 Å². The van der Waals surface area contributed by atoms with Gasteiger partial charge in [-0.25, -0.2) is 9.59 Å². The number of aromatic nitrogens is 2. The topological polar surface area (TPSA) is 106 Å². The number of ether oxygens (including phenoxy) is 1. The molecule has 2 aromatic carbocycles. The number of nitrogens with zero attached hydrogens (tertiary/aromatic N) is 3. The van der Waals surface area contributed by atoms with Crippen LogP contribution in [0.5, 0.6) is 0 Å². The second kappa shape index (κ2) is 7.90. The molecule has 1 unspecified atom stereocenters. The van der Waals surface area contributed by atoms with Crippen molar-refractivity contribution in [3.63, 3.8) is 0 Å². The van der Waals surface area contributed by atoms with Crippen molar-refractivity contribution in [1.29, 1.82) is 0 Å². The van der Waals surface area contributed by atoms with Crippen LogP contribution < -0.4 is 0 Å². The normalized spacial score (nSPS) is 12.6.